The third-order valence-corrected chi connectivity index (χ3v) is 7.92. The van der Waals surface area contributed by atoms with E-state index in [1.807, 2.05) is 55.5 Å². The second-order valence-corrected chi connectivity index (χ2v) is 11.7. The van der Waals surface area contributed by atoms with Crippen molar-refractivity contribution in [2.75, 3.05) is 31.2 Å². The van der Waals surface area contributed by atoms with Crippen molar-refractivity contribution in [3.8, 4) is 12.3 Å². The van der Waals surface area contributed by atoms with E-state index in [0.29, 0.717) is 39.3 Å². The standard InChI is InChI=1S/C38H55N3O4/c1-4-6-7-8-9-10-11-12-13-14-15-24-36(42)39-27-29-45-30-28-40-37(43)25-26-38(44)41(35-23-19-16-20-32(35)3)31-34-22-18-17-21-33(34)5-2/h2,16-23H,4,6-15,24-31H2,1,3H3,(H,39,42)(H,40,43). The van der Waals surface area contributed by atoms with E-state index in [0.717, 1.165) is 35.2 Å². The monoisotopic (exact) mass is 617 g/mol. The Balaban J connectivity index is 1.56. The van der Waals surface area contributed by atoms with Crippen LogP contribution in [-0.2, 0) is 25.7 Å². The highest BCUT2D eigenvalue weighted by Crippen LogP contribution is 2.24. The number of amides is 3. The van der Waals surface area contributed by atoms with Crippen LogP contribution in [0.15, 0.2) is 48.5 Å². The lowest BCUT2D eigenvalue weighted by Crippen LogP contribution is -2.33. The number of ether oxygens (including phenoxy) is 1. The average Bonchev–Trinajstić information content (AvgIpc) is 3.05. The zero-order valence-corrected chi connectivity index (χ0v) is 27.7. The number of nitrogens with zero attached hydrogens (tertiary/aromatic N) is 1. The molecule has 0 heterocycles. The van der Waals surface area contributed by atoms with Gasteiger partial charge in [-0.1, -0.05) is 113 Å². The topological polar surface area (TPSA) is 87.7 Å². The molecule has 0 saturated heterocycles. The van der Waals surface area contributed by atoms with E-state index < -0.39 is 0 Å². The zero-order valence-electron chi connectivity index (χ0n) is 27.7. The van der Waals surface area contributed by atoms with Gasteiger partial charge in [-0.25, -0.2) is 0 Å². The fraction of sp³-hybridized carbons (Fsp3) is 0.553. The van der Waals surface area contributed by atoms with Gasteiger partial charge in [0.05, 0.1) is 19.8 Å². The molecule has 0 radical (unpaired) electrons. The molecule has 3 amide bonds. The maximum atomic E-state index is 13.3. The molecule has 2 rings (SSSR count). The normalized spacial score (nSPS) is 10.7. The molecule has 2 N–H and O–H groups in total. The predicted molar refractivity (Wildman–Crippen MR) is 184 cm³/mol. The smallest absolute Gasteiger partial charge is 0.227 e. The van der Waals surface area contributed by atoms with Crippen molar-refractivity contribution in [3.05, 3.63) is 65.2 Å². The van der Waals surface area contributed by atoms with Crippen molar-refractivity contribution < 1.29 is 19.1 Å². The number of benzene rings is 2. The molecule has 45 heavy (non-hydrogen) atoms. The van der Waals surface area contributed by atoms with Crippen molar-refractivity contribution >= 4 is 23.4 Å². The van der Waals surface area contributed by atoms with Gasteiger partial charge < -0.3 is 20.3 Å². The van der Waals surface area contributed by atoms with E-state index in [9.17, 15) is 14.4 Å². The largest absolute Gasteiger partial charge is 0.378 e. The Morgan fingerprint density at radius 1 is 0.733 bits per heavy atom. The van der Waals surface area contributed by atoms with Gasteiger partial charge in [0.2, 0.25) is 17.7 Å². The molecule has 0 bridgehead atoms. The van der Waals surface area contributed by atoms with Crippen LogP contribution in [0.5, 0.6) is 0 Å². The van der Waals surface area contributed by atoms with Gasteiger partial charge in [-0.05, 0) is 36.6 Å². The molecule has 2 aromatic rings. The molecule has 0 atom stereocenters. The summed E-state index contributed by atoms with van der Waals surface area (Å²) in [5.41, 5.74) is 3.39. The van der Waals surface area contributed by atoms with E-state index in [1.165, 1.54) is 57.8 Å². The highest BCUT2D eigenvalue weighted by Gasteiger charge is 2.20. The molecule has 0 saturated carbocycles. The molecule has 2 aromatic carbocycles. The average molecular weight is 618 g/mol. The summed E-state index contributed by atoms with van der Waals surface area (Å²) >= 11 is 0. The first-order valence-corrected chi connectivity index (χ1v) is 17.0. The van der Waals surface area contributed by atoms with Crippen LogP contribution in [0, 0.1) is 19.3 Å². The second-order valence-electron chi connectivity index (χ2n) is 11.7. The summed E-state index contributed by atoms with van der Waals surface area (Å²) < 4.78 is 5.55. The summed E-state index contributed by atoms with van der Waals surface area (Å²) in [6.07, 6.45) is 20.3. The van der Waals surface area contributed by atoms with Crippen molar-refractivity contribution in [1.82, 2.24) is 10.6 Å². The number of hydrogen-bond donors (Lipinski definition) is 2. The van der Waals surface area contributed by atoms with E-state index in [1.54, 1.807) is 4.90 Å². The van der Waals surface area contributed by atoms with Gasteiger partial charge in [0.15, 0.2) is 0 Å². The number of unbranched alkanes of at least 4 members (excludes halogenated alkanes) is 10. The molecule has 0 unspecified atom stereocenters. The number of rotatable bonds is 24. The molecule has 7 heteroatoms. The first kappa shape index (κ1) is 37.6. The van der Waals surface area contributed by atoms with Crippen LogP contribution in [0.2, 0.25) is 0 Å². The number of carbonyl (C=O) groups excluding carboxylic acids is 3. The van der Waals surface area contributed by atoms with Gasteiger partial charge in [0.1, 0.15) is 0 Å². The number of terminal acetylenes is 1. The first-order chi connectivity index (χ1) is 22.0. The highest BCUT2D eigenvalue weighted by molar-refractivity contribution is 5.96. The maximum absolute atomic E-state index is 13.3. The van der Waals surface area contributed by atoms with Crippen molar-refractivity contribution in [3.63, 3.8) is 0 Å². The van der Waals surface area contributed by atoms with Gasteiger partial charge >= 0.3 is 0 Å². The summed E-state index contributed by atoms with van der Waals surface area (Å²) in [4.78, 5) is 39.5. The molecule has 0 aliphatic heterocycles. The lowest BCUT2D eigenvalue weighted by atomic mass is 10.1. The van der Waals surface area contributed by atoms with Crippen LogP contribution in [0.4, 0.5) is 5.69 Å². The van der Waals surface area contributed by atoms with Crippen molar-refractivity contribution in [2.24, 2.45) is 0 Å². The van der Waals surface area contributed by atoms with E-state index >= 15 is 0 Å². The fourth-order valence-corrected chi connectivity index (χ4v) is 5.25. The number of aryl methyl sites for hydroxylation is 1. The fourth-order valence-electron chi connectivity index (χ4n) is 5.25. The Morgan fingerprint density at radius 2 is 1.29 bits per heavy atom. The Hall–Kier alpha value is -3.63. The van der Waals surface area contributed by atoms with Crippen molar-refractivity contribution in [2.45, 2.75) is 110 Å². The molecule has 0 aliphatic rings. The molecule has 0 aliphatic carbocycles. The molecule has 0 aromatic heterocycles. The summed E-state index contributed by atoms with van der Waals surface area (Å²) in [6, 6.07) is 15.3. The first-order valence-electron chi connectivity index (χ1n) is 17.0. The number of hydrogen-bond acceptors (Lipinski definition) is 4. The molecular weight excluding hydrogens is 562 g/mol. The molecular formula is C38H55N3O4. The van der Waals surface area contributed by atoms with Crippen LogP contribution in [-0.4, -0.2) is 44.0 Å². The number of nitrogens with one attached hydrogen (secondary N) is 2. The zero-order chi connectivity index (χ0) is 32.5. The minimum Gasteiger partial charge on any atom is -0.378 e. The maximum Gasteiger partial charge on any atom is 0.227 e. The van der Waals surface area contributed by atoms with Crippen LogP contribution in [0.1, 0.15) is 114 Å². The van der Waals surface area contributed by atoms with Crippen LogP contribution in [0.25, 0.3) is 0 Å². The molecule has 0 spiro atoms. The predicted octanol–water partition coefficient (Wildman–Crippen LogP) is 7.24. The van der Waals surface area contributed by atoms with Gasteiger partial charge in [0.25, 0.3) is 0 Å². The molecule has 0 fully saturated rings. The Bertz CT molecular complexity index is 1190. The van der Waals surface area contributed by atoms with Gasteiger partial charge in [-0.3, -0.25) is 14.4 Å². The SMILES string of the molecule is C#Cc1ccccc1CN(C(=O)CCC(=O)NCCOCCNC(=O)CCCCCCCCCCCCC)c1ccccc1C. The van der Waals surface area contributed by atoms with Gasteiger partial charge in [0, 0.05) is 43.6 Å². The number of anilines is 1. The summed E-state index contributed by atoms with van der Waals surface area (Å²) in [5.74, 6) is 2.40. The minimum atomic E-state index is -0.207. The van der Waals surface area contributed by atoms with Crippen LogP contribution < -0.4 is 15.5 Å². The minimum absolute atomic E-state index is 0.0648. The summed E-state index contributed by atoms with van der Waals surface area (Å²) in [7, 11) is 0. The Morgan fingerprint density at radius 3 is 1.91 bits per heavy atom. The van der Waals surface area contributed by atoms with Crippen LogP contribution in [0.3, 0.4) is 0 Å². The number of carbonyl (C=O) groups is 3. The van der Waals surface area contributed by atoms with E-state index in [4.69, 9.17) is 11.2 Å². The third-order valence-electron chi connectivity index (χ3n) is 7.92. The Kier molecular flexibility index (Phi) is 19.8. The van der Waals surface area contributed by atoms with Gasteiger partial charge in [-0.15, -0.1) is 6.42 Å². The van der Waals surface area contributed by atoms with E-state index in [2.05, 4.69) is 23.5 Å². The van der Waals surface area contributed by atoms with E-state index in [-0.39, 0.29) is 30.6 Å². The summed E-state index contributed by atoms with van der Waals surface area (Å²) in [6.45, 7) is 6.07. The molecule has 246 valence electrons. The third kappa shape index (κ3) is 16.3. The lowest BCUT2D eigenvalue weighted by Gasteiger charge is -2.25. The quantitative estimate of drug-likeness (QED) is 0.0960. The van der Waals surface area contributed by atoms with Crippen molar-refractivity contribution in [1.29, 1.82) is 0 Å². The Labute approximate surface area is 271 Å². The second kappa shape index (κ2) is 23.7. The summed E-state index contributed by atoms with van der Waals surface area (Å²) in [5, 5.41) is 5.71. The molecule has 7 nitrogen and oxygen atoms in total. The number of para-hydroxylation sites is 1. The van der Waals surface area contributed by atoms with Gasteiger partial charge in [-0.2, -0.15) is 0 Å². The lowest BCUT2D eigenvalue weighted by molar-refractivity contribution is -0.125. The highest BCUT2D eigenvalue weighted by atomic mass is 16.5. The van der Waals surface area contributed by atoms with Crippen LogP contribution >= 0.6 is 0 Å².